The first kappa shape index (κ1) is 15.3. The molecule has 0 unspecified atom stereocenters. The zero-order valence-electron chi connectivity index (χ0n) is 12.6. The number of carbonyl (C=O) groups excluding carboxylic acids is 2. The molecule has 1 aliphatic heterocycles. The summed E-state index contributed by atoms with van der Waals surface area (Å²) >= 11 is 6.11. The molecule has 3 rings (SSSR count). The predicted molar refractivity (Wildman–Crippen MR) is 85.9 cm³/mol. The van der Waals surface area contributed by atoms with Crippen LogP contribution in [0.2, 0.25) is 5.02 Å². The molecule has 4 nitrogen and oxygen atoms in total. The summed E-state index contributed by atoms with van der Waals surface area (Å²) in [4.78, 5) is 28.7. The molecule has 1 aromatic rings. The van der Waals surface area contributed by atoms with E-state index in [1.807, 2.05) is 21.9 Å². The maximum Gasteiger partial charge on any atom is 0.255 e. The van der Waals surface area contributed by atoms with Crippen molar-refractivity contribution in [3.05, 3.63) is 34.9 Å². The molecule has 0 aromatic heterocycles. The molecular weight excluding hydrogens is 300 g/mol. The molecular formula is C17H21ClN2O2. The molecule has 1 heterocycles. The second kappa shape index (κ2) is 6.69. The molecule has 1 aromatic carbocycles. The molecule has 2 fully saturated rings. The minimum absolute atomic E-state index is 0.0384. The average molecular weight is 321 g/mol. The van der Waals surface area contributed by atoms with E-state index in [9.17, 15) is 9.59 Å². The summed E-state index contributed by atoms with van der Waals surface area (Å²) in [6, 6.07) is 7.13. The van der Waals surface area contributed by atoms with Crippen molar-refractivity contribution in [1.29, 1.82) is 0 Å². The molecule has 1 aliphatic carbocycles. The van der Waals surface area contributed by atoms with Crippen LogP contribution in [0.3, 0.4) is 0 Å². The van der Waals surface area contributed by atoms with Gasteiger partial charge in [-0.25, -0.2) is 0 Å². The number of benzene rings is 1. The summed E-state index contributed by atoms with van der Waals surface area (Å²) in [5.74, 6) is 0.465. The summed E-state index contributed by atoms with van der Waals surface area (Å²) < 4.78 is 0. The smallest absolute Gasteiger partial charge is 0.255 e. The van der Waals surface area contributed by atoms with Crippen LogP contribution in [-0.4, -0.2) is 47.8 Å². The van der Waals surface area contributed by atoms with Gasteiger partial charge >= 0.3 is 0 Å². The van der Waals surface area contributed by atoms with Gasteiger partial charge in [-0.15, -0.1) is 0 Å². The normalized spacial score (nSPS) is 19.5. The first-order chi connectivity index (χ1) is 10.7. The Morgan fingerprint density at radius 1 is 0.955 bits per heavy atom. The number of nitrogens with zero attached hydrogens (tertiary/aromatic N) is 2. The monoisotopic (exact) mass is 320 g/mol. The van der Waals surface area contributed by atoms with E-state index in [1.54, 1.807) is 12.1 Å². The standard InChI is InChI=1S/C17H21ClN2O2/c18-15-8-2-1-7-14(15)17(22)20-10-4-9-19(11-12-20)16(21)13-5-3-6-13/h1-2,7-8,13H,3-6,9-12H2. The molecule has 1 saturated carbocycles. The fraction of sp³-hybridized carbons (Fsp3) is 0.529. The first-order valence-corrected chi connectivity index (χ1v) is 8.37. The lowest BCUT2D eigenvalue weighted by Crippen LogP contribution is -2.41. The zero-order chi connectivity index (χ0) is 15.5. The van der Waals surface area contributed by atoms with Crippen molar-refractivity contribution in [1.82, 2.24) is 9.80 Å². The van der Waals surface area contributed by atoms with E-state index in [-0.39, 0.29) is 17.7 Å². The molecule has 0 N–H and O–H groups in total. The van der Waals surface area contributed by atoms with Gasteiger partial charge in [0.2, 0.25) is 5.91 Å². The van der Waals surface area contributed by atoms with Crippen molar-refractivity contribution >= 4 is 23.4 Å². The van der Waals surface area contributed by atoms with Gasteiger partial charge in [-0.05, 0) is 31.4 Å². The molecule has 0 atom stereocenters. The highest BCUT2D eigenvalue weighted by Crippen LogP contribution is 2.28. The highest BCUT2D eigenvalue weighted by molar-refractivity contribution is 6.33. The maximum absolute atomic E-state index is 12.6. The van der Waals surface area contributed by atoms with E-state index in [4.69, 9.17) is 11.6 Å². The summed E-state index contributed by atoms with van der Waals surface area (Å²) in [7, 11) is 0. The molecule has 2 amide bonds. The lowest BCUT2D eigenvalue weighted by atomic mass is 9.84. The van der Waals surface area contributed by atoms with E-state index in [0.717, 1.165) is 25.8 Å². The third kappa shape index (κ3) is 3.12. The number of halogens is 1. The van der Waals surface area contributed by atoms with Gasteiger partial charge in [-0.1, -0.05) is 30.2 Å². The van der Waals surface area contributed by atoms with Crippen LogP contribution in [0.25, 0.3) is 0 Å². The molecule has 5 heteroatoms. The van der Waals surface area contributed by atoms with Crippen molar-refractivity contribution in [2.24, 2.45) is 5.92 Å². The van der Waals surface area contributed by atoms with E-state index < -0.39 is 0 Å². The van der Waals surface area contributed by atoms with Gasteiger partial charge in [-0.3, -0.25) is 9.59 Å². The van der Waals surface area contributed by atoms with Crippen molar-refractivity contribution in [2.45, 2.75) is 25.7 Å². The zero-order valence-corrected chi connectivity index (χ0v) is 13.4. The third-order valence-corrected chi connectivity index (χ3v) is 4.98. The summed E-state index contributed by atoms with van der Waals surface area (Å²) in [5.41, 5.74) is 0.544. The van der Waals surface area contributed by atoms with E-state index >= 15 is 0 Å². The Hall–Kier alpha value is -1.55. The Morgan fingerprint density at radius 2 is 1.64 bits per heavy atom. The summed E-state index contributed by atoms with van der Waals surface area (Å²) in [6.07, 6.45) is 4.05. The van der Waals surface area contributed by atoms with Gasteiger partial charge in [0.05, 0.1) is 10.6 Å². The Balaban J connectivity index is 1.63. The van der Waals surface area contributed by atoms with Crippen LogP contribution in [0.15, 0.2) is 24.3 Å². The van der Waals surface area contributed by atoms with Crippen molar-refractivity contribution in [2.75, 3.05) is 26.2 Å². The van der Waals surface area contributed by atoms with Crippen LogP contribution in [-0.2, 0) is 4.79 Å². The fourth-order valence-corrected chi connectivity index (χ4v) is 3.28. The minimum Gasteiger partial charge on any atom is -0.341 e. The lowest BCUT2D eigenvalue weighted by Gasteiger charge is -2.31. The average Bonchev–Trinajstić information content (AvgIpc) is 2.71. The number of rotatable bonds is 2. The Bertz CT molecular complexity index is 572. The van der Waals surface area contributed by atoms with Gasteiger partial charge < -0.3 is 9.80 Å². The molecule has 0 radical (unpaired) electrons. The van der Waals surface area contributed by atoms with E-state index in [1.165, 1.54) is 6.42 Å². The lowest BCUT2D eigenvalue weighted by molar-refractivity contribution is -0.138. The summed E-state index contributed by atoms with van der Waals surface area (Å²) in [5, 5.41) is 0.485. The molecule has 0 spiro atoms. The highest BCUT2D eigenvalue weighted by atomic mass is 35.5. The summed E-state index contributed by atoms with van der Waals surface area (Å²) in [6.45, 7) is 2.65. The van der Waals surface area contributed by atoms with E-state index in [0.29, 0.717) is 30.2 Å². The SMILES string of the molecule is O=C(c1ccccc1Cl)N1CCCN(C(=O)C2CCC2)CC1. The second-order valence-corrected chi connectivity index (χ2v) is 6.49. The van der Waals surface area contributed by atoms with Gasteiger partial charge in [0.25, 0.3) is 5.91 Å². The maximum atomic E-state index is 12.6. The van der Waals surface area contributed by atoms with Crippen LogP contribution in [0.5, 0.6) is 0 Å². The first-order valence-electron chi connectivity index (χ1n) is 7.99. The second-order valence-electron chi connectivity index (χ2n) is 6.08. The Labute approximate surface area is 136 Å². The predicted octanol–water partition coefficient (Wildman–Crippen LogP) is 2.81. The van der Waals surface area contributed by atoms with Crippen LogP contribution >= 0.6 is 11.6 Å². The number of amides is 2. The number of carbonyl (C=O) groups is 2. The fourth-order valence-electron chi connectivity index (χ4n) is 3.06. The molecule has 1 saturated heterocycles. The Morgan fingerprint density at radius 3 is 2.32 bits per heavy atom. The van der Waals surface area contributed by atoms with Crippen LogP contribution in [0.4, 0.5) is 0 Å². The van der Waals surface area contributed by atoms with Crippen molar-refractivity contribution in [3.63, 3.8) is 0 Å². The van der Waals surface area contributed by atoms with Crippen LogP contribution < -0.4 is 0 Å². The number of hydrogen-bond acceptors (Lipinski definition) is 2. The molecule has 0 bridgehead atoms. The minimum atomic E-state index is -0.0384. The van der Waals surface area contributed by atoms with Crippen molar-refractivity contribution in [3.8, 4) is 0 Å². The molecule has 118 valence electrons. The van der Waals surface area contributed by atoms with E-state index in [2.05, 4.69) is 0 Å². The van der Waals surface area contributed by atoms with Gasteiger partial charge in [0.1, 0.15) is 0 Å². The van der Waals surface area contributed by atoms with Crippen molar-refractivity contribution < 1.29 is 9.59 Å². The topological polar surface area (TPSA) is 40.6 Å². The largest absolute Gasteiger partial charge is 0.341 e. The van der Waals surface area contributed by atoms with Gasteiger partial charge in [0.15, 0.2) is 0 Å². The van der Waals surface area contributed by atoms with Gasteiger partial charge in [0, 0.05) is 32.1 Å². The number of hydrogen-bond donors (Lipinski definition) is 0. The molecule has 22 heavy (non-hydrogen) atoms. The quantitative estimate of drug-likeness (QED) is 0.840. The highest BCUT2D eigenvalue weighted by Gasteiger charge is 2.31. The van der Waals surface area contributed by atoms with Crippen LogP contribution in [0, 0.1) is 5.92 Å². The molecule has 2 aliphatic rings. The van der Waals surface area contributed by atoms with Crippen LogP contribution in [0.1, 0.15) is 36.0 Å². The third-order valence-electron chi connectivity index (χ3n) is 4.65. The Kier molecular flexibility index (Phi) is 4.67. The van der Waals surface area contributed by atoms with Gasteiger partial charge in [-0.2, -0.15) is 0 Å².